The van der Waals surface area contributed by atoms with E-state index in [4.69, 9.17) is 95.4 Å². The summed E-state index contributed by atoms with van der Waals surface area (Å²) in [4.78, 5) is 36.9. The van der Waals surface area contributed by atoms with Crippen molar-refractivity contribution in [3.8, 4) is 57.1 Å². The first-order chi connectivity index (χ1) is 42.7. The highest BCUT2D eigenvalue weighted by Crippen LogP contribution is 2.41. The number of ether oxygens (including phenoxy) is 8. The maximum atomic E-state index is 6.04. The van der Waals surface area contributed by atoms with E-state index in [0.717, 1.165) is 95.7 Å². The van der Waals surface area contributed by atoms with Crippen LogP contribution in [0.5, 0.6) is 46.0 Å². The van der Waals surface area contributed by atoms with E-state index in [1.165, 1.54) is 0 Å². The van der Waals surface area contributed by atoms with Crippen molar-refractivity contribution in [2.45, 2.75) is 46.6 Å². The Labute approximate surface area is 519 Å². The van der Waals surface area contributed by atoms with Crippen LogP contribution in [0.4, 0.5) is 52.8 Å². The molecular weight excluding hydrogens is 1160 g/mol. The molecule has 0 aliphatic rings. The normalized spacial score (nSPS) is 10.6. The second-order valence-corrected chi connectivity index (χ2v) is 19.8. The van der Waals surface area contributed by atoms with Gasteiger partial charge in [-0.3, -0.25) is 0 Å². The quantitative estimate of drug-likeness (QED) is 0.0411. The van der Waals surface area contributed by atoms with Gasteiger partial charge in [-0.2, -0.15) is 24.9 Å². The van der Waals surface area contributed by atoms with Gasteiger partial charge in [0.15, 0.2) is 28.6 Å². The number of nitrogens with zero attached hydrogens (tertiary/aromatic N) is 9. The fraction of sp³-hybridized carbons (Fsp3) is 0.242. The van der Waals surface area contributed by atoms with Crippen molar-refractivity contribution in [1.82, 2.24) is 44.9 Å². The SMILES string of the molecule is CCc1nc(N)nc(N)c1-c1ccc(Cl)cc1.COc1cc(Cc2cnc(N)nc2N)cc(OC)c1OC.COc1cc(NCc2ccc3nc(N)nc(N)c3c2C)cc(OC)c1OC.COc1ccc(OC)c(Cc2cnc3nc(N)nc(N)c3c2C)c1. The summed E-state index contributed by atoms with van der Waals surface area (Å²) in [6, 6.07) is 24.4. The Morgan fingerprint density at radius 3 is 1.56 bits per heavy atom. The molecule has 0 bridgehead atoms. The number of halogens is 1. The zero-order valence-corrected chi connectivity index (χ0v) is 52.0. The molecule has 10 rings (SSSR count). The van der Waals surface area contributed by atoms with Crippen LogP contribution in [-0.2, 0) is 25.8 Å². The minimum Gasteiger partial charge on any atom is -0.497 e. The molecule has 17 N–H and O–H groups in total. The predicted molar refractivity (Wildman–Crippen MR) is 350 cm³/mol. The van der Waals surface area contributed by atoms with Gasteiger partial charge >= 0.3 is 0 Å². The van der Waals surface area contributed by atoms with Crippen molar-refractivity contribution in [2.24, 2.45) is 0 Å². The minimum absolute atomic E-state index is 0.120. The molecule has 466 valence electrons. The molecule has 0 aliphatic heterocycles. The van der Waals surface area contributed by atoms with Crippen LogP contribution in [0.15, 0.2) is 91.3 Å². The van der Waals surface area contributed by atoms with Crippen LogP contribution in [-0.4, -0.2) is 102 Å². The maximum Gasteiger partial charge on any atom is 0.224 e. The number of methoxy groups -OCH3 is 8. The summed E-state index contributed by atoms with van der Waals surface area (Å²) in [5, 5.41) is 5.60. The highest BCUT2D eigenvalue weighted by molar-refractivity contribution is 6.30. The van der Waals surface area contributed by atoms with E-state index < -0.39 is 0 Å². The van der Waals surface area contributed by atoms with Crippen LogP contribution in [0.3, 0.4) is 0 Å². The number of benzene rings is 5. The number of nitrogens with one attached hydrogen (secondary N) is 1. The molecule has 26 nitrogen and oxygen atoms in total. The molecule has 0 amide bonds. The Hall–Kier alpha value is -11.0. The van der Waals surface area contributed by atoms with E-state index in [9.17, 15) is 0 Å². The average Bonchev–Trinajstić information content (AvgIpc) is 1.07. The lowest BCUT2D eigenvalue weighted by atomic mass is 9.99. The van der Waals surface area contributed by atoms with E-state index in [1.54, 1.807) is 69.3 Å². The van der Waals surface area contributed by atoms with E-state index in [1.807, 2.05) is 99.6 Å². The van der Waals surface area contributed by atoms with Crippen LogP contribution in [0.25, 0.3) is 33.1 Å². The van der Waals surface area contributed by atoms with Crippen molar-refractivity contribution in [1.29, 1.82) is 0 Å². The molecule has 10 aromatic rings. The summed E-state index contributed by atoms with van der Waals surface area (Å²) < 4.78 is 42.8. The van der Waals surface area contributed by atoms with Crippen molar-refractivity contribution >= 4 is 86.3 Å². The third-order valence-electron chi connectivity index (χ3n) is 14.0. The molecule has 0 saturated heterocycles. The number of nitrogens with two attached hydrogens (primary N) is 8. The van der Waals surface area contributed by atoms with Crippen LogP contribution < -0.4 is 89.1 Å². The number of fused-ring (bicyclic) bond motifs is 2. The van der Waals surface area contributed by atoms with Crippen LogP contribution in [0, 0.1) is 13.8 Å². The number of anilines is 9. The minimum atomic E-state index is 0.120. The van der Waals surface area contributed by atoms with Crippen LogP contribution in [0.2, 0.25) is 5.02 Å². The van der Waals surface area contributed by atoms with Gasteiger partial charge in [0.25, 0.3) is 0 Å². The van der Waals surface area contributed by atoms with Gasteiger partial charge in [-0.05, 0) is 102 Å². The van der Waals surface area contributed by atoms with Crippen LogP contribution in [0.1, 0.15) is 51.6 Å². The zero-order valence-electron chi connectivity index (χ0n) is 51.3. The lowest BCUT2D eigenvalue weighted by Gasteiger charge is -2.16. The molecule has 89 heavy (non-hydrogen) atoms. The van der Waals surface area contributed by atoms with E-state index in [2.05, 4.69) is 50.2 Å². The number of rotatable bonds is 17. The summed E-state index contributed by atoms with van der Waals surface area (Å²) in [5.41, 5.74) is 57.6. The Morgan fingerprint density at radius 1 is 0.449 bits per heavy atom. The van der Waals surface area contributed by atoms with Crippen molar-refractivity contribution in [2.75, 3.05) is 108 Å². The summed E-state index contributed by atoms with van der Waals surface area (Å²) in [6.45, 7) is 6.54. The molecular formula is C62H73ClN18O8. The number of hydrogen-bond acceptors (Lipinski definition) is 26. The van der Waals surface area contributed by atoms with Gasteiger partial charge in [-0.1, -0.05) is 36.7 Å². The number of pyridine rings is 1. The zero-order chi connectivity index (χ0) is 64.6. The molecule has 0 fully saturated rings. The molecule has 0 unspecified atom stereocenters. The second-order valence-electron chi connectivity index (χ2n) is 19.4. The first kappa shape index (κ1) is 65.5. The number of aryl methyl sites for hydroxylation is 3. The van der Waals surface area contributed by atoms with Gasteiger partial charge in [-0.25, -0.2) is 19.9 Å². The standard InChI is InChI=1S/C19H23N5O3.C17H19N5O2.C14H18N4O3.C12H13ClN4/c1-10-11(5-6-13-16(10)18(20)24-19(21)23-13)9-22-12-7-14(25-2)17(27-4)15(8-12)26-3;1-9-11(6-10-7-12(23-2)4-5-13(10)24-3)8-20-16-14(9)15(18)21-17(19)22-16;1-19-10-5-8(6-11(20-2)12(10)21-3)4-9-7-17-14(16)18-13(9)15;1-2-9-10(11(14)17-12(15)16-9)7-3-5-8(13)6-4-7/h5-8,22H,9H2,1-4H3,(H4,20,21,23,24);4-5,7-8H,6H2,1-3H3,(H4,18,19,20,21,22);5-7H,4H2,1-3H3,(H4,15,16,17,18);3-6H,2H2,1H3,(H4,14,15,16,17). The number of hydrogen-bond donors (Lipinski definition) is 9. The first-order valence-electron chi connectivity index (χ1n) is 27.3. The highest BCUT2D eigenvalue weighted by Gasteiger charge is 2.19. The average molecular weight is 1230 g/mol. The van der Waals surface area contributed by atoms with Gasteiger partial charge < -0.3 is 89.1 Å². The number of aromatic nitrogens is 9. The largest absolute Gasteiger partial charge is 0.497 e. The maximum absolute atomic E-state index is 6.04. The third kappa shape index (κ3) is 15.7. The molecule has 5 heterocycles. The first-order valence-corrected chi connectivity index (χ1v) is 27.7. The van der Waals surface area contributed by atoms with Gasteiger partial charge in [0.1, 0.15) is 34.8 Å². The Morgan fingerprint density at radius 2 is 0.989 bits per heavy atom. The fourth-order valence-corrected chi connectivity index (χ4v) is 9.68. The smallest absolute Gasteiger partial charge is 0.224 e. The summed E-state index contributed by atoms with van der Waals surface area (Å²) in [5.74, 6) is 7.12. The molecule has 5 aromatic heterocycles. The highest BCUT2D eigenvalue weighted by atomic mass is 35.5. The molecule has 5 aromatic carbocycles. The van der Waals surface area contributed by atoms with Crippen LogP contribution >= 0.6 is 11.6 Å². The predicted octanol–water partition coefficient (Wildman–Crippen LogP) is 8.63. The van der Waals surface area contributed by atoms with Gasteiger partial charge in [0, 0.05) is 76.7 Å². The van der Waals surface area contributed by atoms with Crippen molar-refractivity contribution < 1.29 is 37.9 Å². The Bertz CT molecular complexity index is 4080. The molecule has 27 heteroatoms. The second kappa shape index (κ2) is 29.9. The Kier molecular flexibility index (Phi) is 22.0. The molecule has 0 atom stereocenters. The van der Waals surface area contributed by atoms with E-state index in [0.29, 0.717) is 87.8 Å². The van der Waals surface area contributed by atoms with Crippen molar-refractivity contribution in [3.63, 3.8) is 0 Å². The molecule has 0 saturated carbocycles. The molecule has 0 radical (unpaired) electrons. The summed E-state index contributed by atoms with van der Waals surface area (Å²) >= 11 is 5.86. The lowest BCUT2D eigenvalue weighted by molar-refractivity contribution is 0.324. The van der Waals surface area contributed by atoms with Crippen molar-refractivity contribution in [3.05, 3.63) is 141 Å². The summed E-state index contributed by atoms with van der Waals surface area (Å²) in [6.07, 6.45) is 5.29. The van der Waals surface area contributed by atoms with Gasteiger partial charge in [-0.15, -0.1) is 0 Å². The van der Waals surface area contributed by atoms with Gasteiger partial charge in [0.2, 0.25) is 35.3 Å². The molecule has 0 spiro atoms. The molecule has 0 aliphatic carbocycles. The summed E-state index contributed by atoms with van der Waals surface area (Å²) in [7, 11) is 12.7. The lowest BCUT2D eigenvalue weighted by Crippen LogP contribution is -2.06. The third-order valence-corrected chi connectivity index (χ3v) is 14.2. The topological polar surface area (TPSA) is 410 Å². The fourth-order valence-electron chi connectivity index (χ4n) is 9.55. The monoisotopic (exact) mass is 1230 g/mol. The van der Waals surface area contributed by atoms with E-state index in [-0.39, 0.29) is 23.8 Å². The van der Waals surface area contributed by atoms with E-state index >= 15 is 0 Å². The van der Waals surface area contributed by atoms with Gasteiger partial charge in [0.05, 0.1) is 73.5 Å². The number of nitrogen functional groups attached to an aromatic ring is 8. The Balaban J connectivity index is 0.000000171.